The van der Waals surface area contributed by atoms with Crippen molar-refractivity contribution in [2.45, 2.75) is 20.0 Å². The number of rotatable bonds is 3. The van der Waals surface area contributed by atoms with Gasteiger partial charge in [0.05, 0.1) is 11.3 Å². The van der Waals surface area contributed by atoms with E-state index in [2.05, 4.69) is 11.9 Å². The number of benzene rings is 2. The SMILES string of the molecule is C=C(Nc1cccc(C(F)(F)F)c1F)c1ccc(C)c(C)c1. The lowest BCUT2D eigenvalue weighted by Gasteiger charge is -2.15. The third kappa shape index (κ3) is 3.30. The van der Waals surface area contributed by atoms with Crippen molar-refractivity contribution in [3.8, 4) is 0 Å². The maximum atomic E-state index is 14.0. The highest BCUT2D eigenvalue weighted by atomic mass is 19.4. The summed E-state index contributed by atoms with van der Waals surface area (Å²) in [4.78, 5) is 0. The van der Waals surface area contributed by atoms with Gasteiger partial charge in [0.25, 0.3) is 0 Å². The molecular weight excluding hydrogens is 294 g/mol. The second kappa shape index (κ2) is 5.83. The van der Waals surface area contributed by atoms with E-state index in [0.29, 0.717) is 17.3 Å². The summed E-state index contributed by atoms with van der Waals surface area (Å²) in [5, 5.41) is 2.62. The van der Waals surface area contributed by atoms with Crippen LogP contribution in [0.2, 0.25) is 0 Å². The minimum absolute atomic E-state index is 0.252. The Morgan fingerprint density at radius 2 is 1.73 bits per heavy atom. The van der Waals surface area contributed by atoms with E-state index in [1.54, 1.807) is 6.07 Å². The molecule has 2 rings (SSSR count). The lowest BCUT2D eigenvalue weighted by Crippen LogP contribution is -2.10. The first kappa shape index (κ1) is 16.1. The van der Waals surface area contributed by atoms with Gasteiger partial charge in [-0.2, -0.15) is 13.2 Å². The molecule has 1 N–H and O–H groups in total. The lowest BCUT2D eigenvalue weighted by atomic mass is 10.0. The zero-order valence-corrected chi connectivity index (χ0v) is 12.2. The smallest absolute Gasteiger partial charge is 0.353 e. The van der Waals surface area contributed by atoms with Gasteiger partial charge in [-0.05, 0) is 48.7 Å². The topological polar surface area (TPSA) is 12.0 Å². The van der Waals surface area contributed by atoms with Crippen LogP contribution in [0.25, 0.3) is 5.70 Å². The highest BCUT2D eigenvalue weighted by molar-refractivity contribution is 5.76. The van der Waals surface area contributed by atoms with Crippen molar-refractivity contribution in [2.75, 3.05) is 5.32 Å². The third-order valence-corrected chi connectivity index (χ3v) is 3.45. The molecule has 5 heteroatoms. The fourth-order valence-electron chi connectivity index (χ4n) is 2.01. The van der Waals surface area contributed by atoms with Crippen LogP contribution >= 0.6 is 0 Å². The van der Waals surface area contributed by atoms with Crippen molar-refractivity contribution in [2.24, 2.45) is 0 Å². The summed E-state index contributed by atoms with van der Waals surface area (Å²) in [6.45, 7) is 7.62. The molecule has 0 unspecified atom stereocenters. The second-order valence-corrected chi connectivity index (χ2v) is 5.07. The highest BCUT2D eigenvalue weighted by Crippen LogP contribution is 2.34. The summed E-state index contributed by atoms with van der Waals surface area (Å²) in [6, 6.07) is 8.61. The largest absolute Gasteiger partial charge is 0.419 e. The van der Waals surface area contributed by atoms with Crippen LogP contribution in [0.1, 0.15) is 22.3 Å². The zero-order valence-electron chi connectivity index (χ0n) is 12.2. The first-order valence-electron chi connectivity index (χ1n) is 6.59. The number of hydrogen-bond acceptors (Lipinski definition) is 1. The van der Waals surface area contributed by atoms with E-state index in [-0.39, 0.29) is 5.69 Å². The second-order valence-electron chi connectivity index (χ2n) is 5.07. The van der Waals surface area contributed by atoms with Gasteiger partial charge in [-0.25, -0.2) is 4.39 Å². The Morgan fingerprint density at radius 3 is 2.32 bits per heavy atom. The Labute approximate surface area is 126 Å². The van der Waals surface area contributed by atoms with E-state index >= 15 is 0 Å². The van der Waals surface area contributed by atoms with Gasteiger partial charge in [0.15, 0.2) is 5.82 Å². The van der Waals surface area contributed by atoms with Gasteiger partial charge >= 0.3 is 6.18 Å². The molecule has 0 aliphatic carbocycles. The summed E-state index contributed by atoms with van der Waals surface area (Å²) in [5.41, 5.74) is 1.58. The molecule has 0 aliphatic heterocycles. The fourth-order valence-corrected chi connectivity index (χ4v) is 2.01. The van der Waals surface area contributed by atoms with Crippen molar-refractivity contribution >= 4 is 11.4 Å². The predicted molar refractivity (Wildman–Crippen MR) is 80.0 cm³/mol. The van der Waals surface area contributed by atoms with Gasteiger partial charge in [-0.3, -0.25) is 0 Å². The van der Waals surface area contributed by atoms with Crippen LogP contribution in [0.4, 0.5) is 23.2 Å². The molecule has 0 atom stereocenters. The van der Waals surface area contributed by atoms with Crippen LogP contribution in [-0.4, -0.2) is 0 Å². The van der Waals surface area contributed by atoms with Gasteiger partial charge in [-0.1, -0.05) is 24.8 Å². The van der Waals surface area contributed by atoms with Gasteiger partial charge in [0, 0.05) is 5.70 Å². The minimum Gasteiger partial charge on any atom is -0.353 e. The van der Waals surface area contributed by atoms with Crippen molar-refractivity contribution in [1.82, 2.24) is 0 Å². The summed E-state index contributed by atoms with van der Waals surface area (Å²) >= 11 is 0. The standard InChI is InChI=1S/C17H15F4N/c1-10-7-8-13(9-11(10)2)12(3)22-15-6-4-5-14(16(15)18)17(19,20)21/h4-9,22H,3H2,1-2H3. The summed E-state index contributed by atoms with van der Waals surface area (Å²) in [5.74, 6) is -1.33. The Morgan fingerprint density at radius 1 is 1.05 bits per heavy atom. The first-order chi connectivity index (χ1) is 10.2. The molecule has 0 radical (unpaired) electrons. The van der Waals surface area contributed by atoms with Crippen LogP contribution < -0.4 is 5.32 Å². The molecule has 0 aromatic heterocycles. The quantitative estimate of drug-likeness (QED) is 0.734. The molecule has 0 aliphatic rings. The van der Waals surface area contributed by atoms with Gasteiger partial charge in [0.2, 0.25) is 0 Å². The Bertz CT molecular complexity index is 717. The molecule has 1 nitrogen and oxygen atoms in total. The molecule has 116 valence electrons. The van der Waals surface area contributed by atoms with Crippen molar-refractivity contribution in [1.29, 1.82) is 0 Å². The summed E-state index contributed by atoms with van der Waals surface area (Å²) < 4.78 is 52.1. The number of nitrogens with one attached hydrogen (secondary N) is 1. The van der Waals surface area contributed by atoms with E-state index in [9.17, 15) is 17.6 Å². The van der Waals surface area contributed by atoms with E-state index in [1.165, 1.54) is 6.07 Å². The molecule has 0 amide bonds. The van der Waals surface area contributed by atoms with Crippen molar-refractivity contribution < 1.29 is 17.6 Å². The van der Waals surface area contributed by atoms with E-state index in [4.69, 9.17) is 0 Å². The molecule has 0 spiro atoms. The number of hydrogen-bond donors (Lipinski definition) is 1. The zero-order chi connectivity index (χ0) is 16.5. The van der Waals surface area contributed by atoms with Crippen molar-refractivity contribution in [3.05, 3.63) is 71.0 Å². The fraction of sp³-hybridized carbons (Fsp3) is 0.176. The molecule has 2 aromatic rings. The molecule has 0 saturated heterocycles. The molecule has 0 saturated carbocycles. The third-order valence-electron chi connectivity index (χ3n) is 3.45. The summed E-state index contributed by atoms with van der Waals surface area (Å²) in [6.07, 6.45) is -4.73. The number of aryl methyl sites for hydroxylation is 2. The molecule has 22 heavy (non-hydrogen) atoms. The molecule has 0 fully saturated rings. The molecule has 0 bridgehead atoms. The molecule has 0 heterocycles. The van der Waals surface area contributed by atoms with Crippen molar-refractivity contribution in [3.63, 3.8) is 0 Å². The first-order valence-corrected chi connectivity index (χ1v) is 6.59. The summed E-state index contributed by atoms with van der Waals surface area (Å²) in [7, 11) is 0. The lowest BCUT2D eigenvalue weighted by molar-refractivity contribution is -0.139. The van der Waals surface area contributed by atoms with Gasteiger partial charge in [-0.15, -0.1) is 0 Å². The number of alkyl halides is 3. The van der Waals surface area contributed by atoms with Gasteiger partial charge < -0.3 is 5.32 Å². The Kier molecular flexibility index (Phi) is 4.26. The minimum atomic E-state index is -4.73. The van der Waals surface area contributed by atoms with Crippen LogP contribution in [0, 0.1) is 19.7 Å². The van der Waals surface area contributed by atoms with Gasteiger partial charge in [0.1, 0.15) is 0 Å². The average Bonchev–Trinajstić information content (AvgIpc) is 2.42. The van der Waals surface area contributed by atoms with E-state index in [1.807, 2.05) is 26.0 Å². The maximum absolute atomic E-state index is 14.0. The highest BCUT2D eigenvalue weighted by Gasteiger charge is 2.34. The average molecular weight is 309 g/mol. The predicted octanol–water partition coefficient (Wildman–Crippen LogP) is 5.54. The van der Waals surface area contributed by atoms with Crippen LogP contribution in [0.3, 0.4) is 0 Å². The van der Waals surface area contributed by atoms with Crippen LogP contribution in [-0.2, 0) is 6.18 Å². The number of halogens is 4. The normalized spacial score (nSPS) is 11.4. The monoisotopic (exact) mass is 309 g/mol. The molecular formula is C17H15F4N. The molecule has 2 aromatic carbocycles. The Hall–Kier alpha value is -2.30. The van der Waals surface area contributed by atoms with E-state index in [0.717, 1.165) is 17.2 Å². The van der Waals surface area contributed by atoms with Crippen LogP contribution in [0.15, 0.2) is 43.0 Å². The van der Waals surface area contributed by atoms with Crippen LogP contribution in [0.5, 0.6) is 0 Å². The maximum Gasteiger partial charge on any atom is 0.419 e. The van der Waals surface area contributed by atoms with E-state index < -0.39 is 17.6 Å². The Balaban J connectivity index is 2.31. The number of anilines is 1.